The summed E-state index contributed by atoms with van der Waals surface area (Å²) in [6.07, 6.45) is 3.88. The highest BCUT2D eigenvalue weighted by Gasteiger charge is 2.35. The van der Waals surface area contributed by atoms with Gasteiger partial charge in [0.1, 0.15) is 0 Å². The summed E-state index contributed by atoms with van der Waals surface area (Å²) in [5, 5.41) is 0. The molecule has 2 fully saturated rings. The van der Waals surface area contributed by atoms with E-state index in [1.807, 2.05) is 62.4 Å². The van der Waals surface area contributed by atoms with Crippen molar-refractivity contribution in [2.45, 2.75) is 72.4 Å². The monoisotopic (exact) mass is 549 g/mol. The molecule has 40 heavy (non-hydrogen) atoms. The summed E-state index contributed by atoms with van der Waals surface area (Å²) in [4.78, 5) is 50.5. The molecule has 0 aromatic heterocycles. The van der Waals surface area contributed by atoms with Crippen LogP contribution in [0, 0.1) is 25.7 Å². The molecule has 0 unspecified atom stereocenters. The maximum Gasteiger partial charge on any atom is 0.397 e. The fourth-order valence-electron chi connectivity index (χ4n) is 5.48. The molecule has 3 amide bonds. The van der Waals surface area contributed by atoms with E-state index in [1.54, 1.807) is 16.7 Å². The molecule has 4 rings (SSSR count). The molecule has 2 aromatic carbocycles. The Bertz CT molecular complexity index is 1180. The van der Waals surface area contributed by atoms with Crippen LogP contribution in [0.15, 0.2) is 48.5 Å². The number of piperidine rings is 2. The highest BCUT2D eigenvalue weighted by atomic mass is 16.5. The second-order valence-corrected chi connectivity index (χ2v) is 11.2. The third-order valence-electron chi connectivity index (χ3n) is 7.74. The zero-order chi connectivity index (χ0) is 29.4. The molecule has 2 heterocycles. The topological polar surface area (TPSA) is 110 Å². The Kier molecular flexibility index (Phi) is 10.9. The number of hydrogen-bond acceptors (Lipinski definition) is 5. The van der Waals surface area contributed by atoms with Crippen LogP contribution in [0.3, 0.4) is 0 Å². The number of nitrogens with zero attached hydrogens (tertiary/aromatic N) is 2. The molecule has 8 nitrogen and oxygen atoms in total. The van der Waals surface area contributed by atoms with Crippen LogP contribution < -0.4 is 5.73 Å². The molecule has 216 valence electrons. The largest absolute Gasteiger partial charge is 0.459 e. The first-order valence-electron chi connectivity index (χ1n) is 14.2. The van der Waals surface area contributed by atoms with Gasteiger partial charge in [-0.25, -0.2) is 4.79 Å². The zero-order valence-corrected chi connectivity index (χ0v) is 24.4. The van der Waals surface area contributed by atoms with Crippen LogP contribution in [-0.2, 0) is 23.9 Å². The minimum absolute atomic E-state index is 0.0290. The number of ether oxygens (including phenoxy) is 1. The van der Waals surface area contributed by atoms with E-state index in [0.717, 1.165) is 36.8 Å². The Morgan fingerprint density at radius 2 is 1.12 bits per heavy atom. The minimum atomic E-state index is -0.869. The number of esters is 1. The molecular formula is C32H43N3O5. The maximum atomic E-state index is 12.3. The lowest BCUT2D eigenvalue weighted by Crippen LogP contribution is -2.46. The van der Waals surface area contributed by atoms with Gasteiger partial charge in [-0.3, -0.25) is 14.4 Å². The van der Waals surface area contributed by atoms with Gasteiger partial charge in [0.25, 0.3) is 0 Å². The SMILES string of the molecule is CCOC(=O)C(=O)N1C[C@@H](C)CC[C@@H]1c1ccc(C)cc1.Cc1ccc([C@H]2CC[C@H](C)CN2C(=O)C(N)=O)cc1. The van der Waals surface area contributed by atoms with Crippen molar-refractivity contribution in [3.63, 3.8) is 0 Å². The molecular weight excluding hydrogens is 506 g/mol. The van der Waals surface area contributed by atoms with Gasteiger partial charge in [-0.15, -0.1) is 0 Å². The average molecular weight is 550 g/mol. The molecule has 2 N–H and O–H groups in total. The van der Waals surface area contributed by atoms with E-state index >= 15 is 0 Å². The number of carbonyl (C=O) groups excluding carboxylic acids is 4. The fourth-order valence-corrected chi connectivity index (χ4v) is 5.48. The van der Waals surface area contributed by atoms with Crippen LogP contribution >= 0.6 is 0 Å². The van der Waals surface area contributed by atoms with Crippen molar-refractivity contribution in [3.8, 4) is 0 Å². The quantitative estimate of drug-likeness (QED) is 0.443. The Morgan fingerprint density at radius 1 is 0.725 bits per heavy atom. The van der Waals surface area contributed by atoms with Crippen LogP contribution in [0.25, 0.3) is 0 Å². The first kappa shape index (κ1) is 30.9. The summed E-state index contributed by atoms with van der Waals surface area (Å²) >= 11 is 0. The molecule has 8 heteroatoms. The first-order valence-corrected chi connectivity index (χ1v) is 14.2. The number of hydrogen-bond donors (Lipinski definition) is 1. The van der Waals surface area contributed by atoms with E-state index < -0.39 is 23.7 Å². The van der Waals surface area contributed by atoms with Gasteiger partial charge in [0, 0.05) is 13.1 Å². The zero-order valence-electron chi connectivity index (χ0n) is 24.4. The molecule has 2 saturated heterocycles. The molecule has 4 atom stereocenters. The van der Waals surface area contributed by atoms with Gasteiger partial charge in [-0.05, 0) is 69.4 Å². The number of carbonyl (C=O) groups is 4. The van der Waals surface area contributed by atoms with Crippen LogP contribution in [0.1, 0.15) is 80.8 Å². The highest BCUT2D eigenvalue weighted by Crippen LogP contribution is 2.34. The van der Waals surface area contributed by atoms with Crippen molar-refractivity contribution < 1.29 is 23.9 Å². The van der Waals surface area contributed by atoms with Crippen LogP contribution in [0.5, 0.6) is 0 Å². The number of aryl methyl sites for hydroxylation is 2. The van der Waals surface area contributed by atoms with Crippen LogP contribution in [-0.4, -0.2) is 53.2 Å². The molecule has 2 aromatic rings. The Balaban J connectivity index is 0.000000222. The molecule has 0 aliphatic carbocycles. The Hall–Kier alpha value is -3.68. The van der Waals surface area contributed by atoms with Crippen molar-refractivity contribution in [1.82, 2.24) is 9.80 Å². The summed E-state index contributed by atoms with van der Waals surface area (Å²) in [6, 6.07) is 16.2. The standard InChI is InChI=1S/C17H23NO3.C15H20N2O2/c1-4-21-17(20)16(19)18-11-13(3)7-10-15(18)14-8-5-12(2)6-9-14;1-10-3-6-12(7-4-10)13-8-5-11(2)9-17(13)15(19)14(16)18/h5-6,8-9,13,15H,4,7,10-11H2,1-3H3;3-4,6-7,11,13H,5,8-9H2,1-2H3,(H2,16,18)/t13-,15+;11-,13+/m00/s1. The molecule has 0 radical (unpaired) electrons. The number of rotatable bonds is 3. The molecule has 0 bridgehead atoms. The van der Waals surface area contributed by atoms with Gasteiger partial charge in [0.15, 0.2) is 0 Å². The van der Waals surface area contributed by atoms with E-state index in [0.29, 0.717) is 24.9 Å². The third-order valence-corrected chi connectivity index (χ3v) is 7.74. The smallest absolute Gasteiger partial charge is 0.397 e. The van der Waals surface area contributed by atoms with Crippen LogP contribution in [0.2, 0.25) is 0 Å². The summed E-state index contributed by atoms with van der Waals surface area (Å²) < 4.78 is 4.87. The molecule has 2 aliphatic heterocycles. The number of primary amides is 1. The summed E-state index contributed by atoms with van der Waals surface area (Å²) in [5.41, 5.74) is 9.68. The number of amides is 3. The lowest BCUT2D eigenvalue weighted by molar-refractivity contribution is -0.162. The second-order valence-electron chi connectivity index (χ2n) is 11.2. The van der Waals surface area contributed by atoms with E-state index in [-0.39, 0.29) is 18.7 Å². The van der Waals surface area contributed by atoms with Gasteiger partial charge in [0.05, 0.1) is 18.7 Å². The second kappa shape index (κ2) is 14.1. The van der Waals surface area contributed by atoms with E-state index in [9.17, 15) is 19.2 Å². The summed E-state index contributed by atoms with van der Waals surface area (Å²) in [6.45, 7) is 11.4. The summed E-state index contributed by atoms with van der Waals surface area (Å²) in [5.74, 6) is -1.89. The molecule has 2 aliphatic rings. The van der Waals surface area contributed by atoms with E-state index in [1.165, 1.54) is 11.1 Å². The maximum absolute atomic E-state index is 12.3. The predicted molar refractivity (Wildman–Crippen MR) is 154 cm³/mol. The number of benzene rings is 2. The lowest BCUT2D eigenvalue weighted by atomic mass is 9.89. The van der Waals surface area contributed by atoms with Crippen molar-refractivity contribution >= 4 is 23.7 Å². The fraction of sp³-hybridized carbons (Fsp3) is 0.500. The highest BCUT2D eigenvalue weighted by molar-refractivity contribution is 6.34. The lowest BCUT2D eigenvalue weighted by Gasteiger charge is -2.38. The number of nitrogens with two attached hydrogens (primary N) is 1. The van der Waals surface area contributed by atoms with Crippen molar-refractivity contribution in [2.24, 2.45) is 17.6 Å². The average Bonchev–Trinajstić information content (AvgIpc) is 2.93. The van der Waals surface area contributed by atoms with E-state index in [2.05, 4.69) is 13.8 Å². The van der Waals surface area contributed by atoms with Gasteiger partial charge in [-0.1, -0.05) is 73.5 Å². The summed E-state index contributed by atoms with van der Waals surface area (Å²) in [7, 11) is 0. The Morgan fingerprint density at radius 3 is 1.50 bits per heavy atom. The third kappa shape index (κ3) is 7.93. The van der Waals surface area contributed by atoms with Gasteiger partial charge in [0.2, 0.25) is 0 Å². The molecule has 0 spiro atoms. The Labute approximate surface area is 237 Å². The van der Waals surface area contributed by atoms with Crippen molar-refractivity contribution in [3.05, 3.63) is 70.8 Å². The van der Waals surface area contributed by atoms with Crippen molar-refractivity contribution in [2.75, 3.05) is 19.7 Å². The van der Waals surface area contributed by atoms with Crippen molar-refractivity contribution in [1.29, 1.82) is 0 Å². The van der Waals surface area contributed by atoms with Gasteiger partial charge >= 0.3 is 23.7 Å². The normalized spacial score (nSPS) is 22.5. The van der Waals surface area contributed by atoms with Gasteiger partial charge < -0.3 is 20.3 Å². The minimum Gasteiger partial charge on any atom is -0.459 e. The van der Waals surface area contributed by atoms with Crippen LogP contribution in [0.4, 0.5) is 0 Å². The van der Waals surface area contributed by atoms with Gasteiger partial charge in [-0.2, -0.15) is 0 Å². The molecule has 0 saturated carbocycles. The predicted octanol–water partition coefficient (Wildman–Crippen LogP) is 4.64. The first-order chi connectivity index (χ1) is 19.0. The van der Waals surface area contributed by atoms with E-state index in [4.69, 9.17) is 10.5 Å². The number of likely N-dealkylation sites (tertiary alicyclic amines) is 2.